The van der Waals surface area contributed by atoms with Gasteiger partial charge in [0.05, 0.1) is 29.7 Å². The smallest absolute Gasteiger partial charge is 0.257 e. The topological polar surface area (TPSA) is 105 Å². The van der Waals surface area contributed by atoms with Crippen LogP contribution in [-0.2, 0) is 19.6 Å². The summed E-state index contributed by atoms with van der Waals surface area (Å²) in [6.07, 6.45) is 1.16. The van der Waals surface area contributed by atoms with Crippen LogP contribution >= 0.6 is 0 Å². The molecule has 31 heavy (non-hydrogen) atoms. The van der Waals surface area contributed by atoms with Crippen LogP contribution in [0.3, 0.4) is 0 Å². The van der Waals surface area contributed by atoms with E-state index in [4.69, 9.17) is 9.47 Å². The average molecular weight is 456 g/mol. The molecule has 174 valence electrons. The largest absolute Gasteiger partial charge is 0.491 e. The van der Waals surface area contributed by atoms with Crippen molar-refractivity contribution in [2.75, 3.05) is 44.8 Å². The summed E-state index contributed by atoms with van der Waals surface area (Å²) in [7, 11) is -0.214. The van der Waals surface area contributed by atoms with Gasteiger partial charge in [-0.25, -0.2) is 8.42 Å². The summed E-state index contributed by atoms with van der Waals surface area (Å²) < 4.78 is 37.2. The number of carbonyl (C=O) groups is 2. The first-order valence-corrected chi connectivity index (χ1v) is 12.2. The summed E-state index contributed by atoms with van der Waals surface area (Å²) in [5, 5.41) is 0. The van der Waals surface area contributed by atoms with Gasteiger partial charge in [0.25, 0.3) is 5.91 Å². The highest BCUT2D eigenvalue weighted by atomic mass is 32.2. The predicted molar refractivity (Wildman–Crippen MR) is 119 cm³/mol. The van der Waals surface area contributed by atoms with Crippen LogP contribution in [0.2, 0.25) is 0 Å². The molecule has 0 saturated carbocycles. The van der Waals surface area contributed by atoms with Crippen LogP contribution < -0.4 is 9.46 Å². The second kappa shape index (κ2) is 10.3. The maximum atomic E-state index is 13.1. The molecular weight excluding hydrogens is 422 g/mol. The first-order chi connectivity index (χ1) is 14.5. The summed E-state index contributed by atoms with van der Waals surface area (Å²) in [5.74, 6) is -0.000784. The summed E-state index contributed by atoms with van der Waals surface area (Å²) in [6.45, 7) is 6.67. The van der Waals surface area contributed by atoms with E-state index in [0.29, 0.717) is 30.8 Å². The van der Waals surface area contributed by atoms with Gasteiger partial charge in [-0.05, 0) is 19.1 Å². The van der Waals surface area contributed by atoms with Crippen molar-refractivity contribution in [1.82, 2.24) is 9.80 Å². The molecule has 1 heterocycles. The third-order valence-corrected chi connectivity index (χ3v) is 5.98. The number of fused-ring (bicyclic) bond motifs is 1. The van der Waals surface area contributed by atoms with E-state index in [-0.39, 0.29) is 42.2 Å². The Balaban J connectivity index is 2.48. The van der Waals surface area contributed by atoms with Crippen molar-refractivity contribution in [3.05, 3.63) is 23.8 Å². The van der Waals surface area contributed by atoms with Crippen molar-refractivity contribution in [1.29, 1.82) is 0 Å². The number of hydrogen-bond acceptors (Lipinski definition) is 6. The summed E-state index contributed by atoms with van der Waals surface area (Å²) in [4.78, 5) is 29.0. The number of likely N-dealkylation sites (N-methyl/N-ethyl adjacent to an activating group) is 1. The van der Waals surface area contributed by atoms with E-state index >= 15 is 0 Å². The van der Waals surface area contributed by atoms with Crippen LogP contribution in [-0.4, -0.2) is 82.3 Å². The zero-order valence-corrected chi connectivity index (χ0v) is 19.9. The number of anilines is 1. The number of ether oxygens (including phenoxy) is 2. The fraction of sp³-hybridized carbons (Fsp3) is 0.619. The van der Waals surface area contributed by atoms with Gasteiger partial charge in [0.2, 0.25) is 15.9 Å². The second-order valence-electron chi connectivity index (χ2n) is 8.08. The van der Waals surface area contributed by atoms with Gasteiger partial charge in [0, 0.05) is 45.7 Å². The van der Waals surface area contributed by atoms with E-state index < -0.39 is 10.0 Å². The standard InChI is InChI=1S/C21H33N3O6S/c1-7-20(25)24-11-14(2)19(29-5)12-23(4)21(26)17-9-8-16(22-31(6,27)28)10-18(17)30-13-15(24)3/h8-10,14-15,19,22H,7,11-13H2,1-6H3/t14-,15-,19+/m1/s1. The molecule has 0 spiro atoms. The van der Waals surface area contributed by atoms with E-state index in [1.807, 2.05) is 20.8 Å². The lowest BCUT2D eigenvalue weighted by Gasteiger charge is -2.36. The van der Waals surface area contributed by atoms with E-state index in [9.17, 15) is 18.0 Å². The molecule has 2 amide bonds. The van der Waals surface area contributed by atoms with Crippen molar-refractivity contribution in [3.8, 4) is 5.75 Å². The second-order valence-corrected chi connectivity index (χ2v) is 9.83. The Morgan fingerprint density at radius 2 is 1.97 bits per heavy atom. The fourth-order valence-electron chi connectivity index (χ4n) is 3.60. The fourth-order valence-corrected chi connectivity index (χ4v) is 4.16. The van der Waals surface area contributed by atoms with E-state index in [2.05, 4.69) is 4.72 Å². The molecule has 0 saturated heterocycles. The Labute approximate surface area is 184 Å². The monoisotopic (exact) mass is 455 g/mol. The van der Waals surface area contributed by atoms with Crippen LogP contribution in [0, 0.1) is 5.92 Å². The van der Waals surface area contributed by atoms with Gasteiger partial charge in [-0.3, -0.25) is 14.3 Å². The lowest BCUT2D eigenvalue weighted by atomic mass is 10.0. The van der Waals surface area contributed by atoms with Crippen LogP contribution in [0.4, 0.5) is 5.69 Å². The van der Waals surface area contributed by atoms with Crippen molar-refractivity contribution in [3.63, 3.8) is 0 Å². The van der Waals surface area contributed by atoms with Gasteiger partial charge < -0.3 is 19.3 Å². The number of hydrogen-bond donors (Lipinski definition) is 1. The number of benzene rings is 1. The molecule has 1 aliphatic heterocycles. The molecule has 9 nitrogen and oxygen atoms in total. The zero-order chi connectivity index (χ0) is 23.3. The number of amides is 2. The average Bonchev–Trinajstić information content (AvgIpc) is 2.70. The maximum Gasteiger partial charge on any atom is 0.257 e. The van der Waals surface area contributed by atoms with Crippen molar-refractivity contribution >= 4 is 27.5 Å². The Morgan fingerprint density at radius 3 is 2.55 bits per heavy atom. The molecule has 0 radical (unpaired) electrons. The highest BCUT2D eigenvalue weighted by Gasteiger charge is 2.29. The van der Waals surface area contributed by atoms with Gasteiger partial charge in [-0.2, -0.15) is 0 Å². The first kappa shape index (κ1) is 24.9. The molecule has 0 aromatic heterocycles. The third-order valence-electron chi connectivity index (χ3n) is 5.37. The van der Waals surface area contributed by atoms with Crippen LogP contribution in [0.25, 0.3) is 0 Å². The lowest BCUT2D eigenvalue weighted by molar-refractivity contribution is -0.135. The van der Waals surface area contributed by atoms with Gasteiger partial charge in [-0.1, -0.05) is 13.8 Å². The highest BCUT2D eigenvalue weighted by Crippen LogP contribution is 2.27. The summed E-state index contributed by atoms with van der Waals surface area (Å²) >= 11 is 0. The third kappa shape index (κ3) is 6.57. The predicted octanol–water partition coefficient (Wildman–Crippen LogP) is 1.80. The van der Waals surface area contributed by atoms with Crippen molar-refractivity contribution in [2.24, 2.45) is 5.92 Å². The summed E-state index contributed by atoms with van der Waals surface area (Å²) in [6, 6.07) is 4.30. The van der Waals surface area contributed by atoms with Crippen LogP contribution in [0.1, 0.15) is 37.6 Å². The molecule has 1 N–H and O–H groups in total. The van der Waals surface area contributed by atoms with Gasteiger partial charge in [0.1, 0.15) is 12.4 Å². The van der Waals surface area contributed by atoms with Gasteiger partial charge in [-0.15, -0.1) is 0 Å². The lowest BCUT2D eigenvalue weighted by Crippen LogP contribution is -2.48. The Hall–Kier alpha value is -2.33. The molecule has 10 heteroatoms. The number of rotatable bonds is 4. The number of nitrogens with zero attached hydrogens (tertiary/aromatic N) is 2. The number of nitrogens with one attached hydrogen (secondary N) is 1. The minimum Gasteiger partial charge on any atom is -0.491 e. The SMILES string of the molecule is CCC(=O)N1C[C@@H](C)[C@@H](OC)CN(C)C(=O)c2ccc(NS(C)(=O)=O)cc2OC[C@H]1C. The molecule has 1 aromatic carbocycles. The minimum atomic E-state index is -3.49. The Morgan fingerprint density at radius 1 is 1.29 bits per heavy atom. The van der Waals surface area contributed by atoms with E-state index in [0.717, 1.165) is 6.26 Å². The Kier molecular flexibility index (Phi) is 8.30. The number of methoxy groups -OCH3 is 1. The number of sulfonamides is 1. The van der Waals surface area contributed by atoms with E-state index in [1.165, 1.54) is 18.2 Å². The van der Waals surface area contributed by atoms with Gasteiger partial charge in [0.15, 0.2) is 0 Å². The van der Waals surface area contributed by atoms with E-state index in [1.54, 1.807) is 24.0 Å². The molecular formula is C21H33N3O6S. The molecule has 0 unspecified atom stereocenters. The molecule has 3 atom stereocenters. The van der Waals surface area contributed by atoms with Crippen molar-refractivity contribution < 1.29 is 27.5 Å². The Bertz CT molecular complexity index is 904. The normalized spacial score (nSPS) is 23.3. The molecule has 0 fully saturated rings. The molecule has 0 aliphatic carbocycles. The zero-order valence-electron chi connectivity index (χ0n) is 19.0. The summed E-state index contributed by atoms with van der Waals surface area (Å²) in [5.41, 5.74) is 0.603. The quantitative estimate of drug-likeness (QED) is 0.742. The molecule has 1 aromatic rings. The van der Waals surface area contributed by atoms with Crippen molar-refractivity contribution in [2.45, 2.75) is 39.3 Å². The minimum absolute atomic E-state index is 0.00145. The maximum absolute atomic E-state index is 13.1. The highest BCUT2D eigenvalue weighted by molar-refractivity contribution is 7.92. The molecule has 2 rings (SSSR count). The molecule has 0 bridgehead atoms. The number of carbonyl (C=O) groups excluding carboxylic acids is 2. The van der Waals surface area contributed by atoms with Gasteiger partial charge >= 0.3 is 0 Å². The van der Waals surface area contributed by atoms with Crippen LogP contribution in [0.15, 0.2) is 18.2 Å². The van der Waals surface area contributed by atoms with Crippen LogP contribution in [0.5, 0.6) is 5.75 Å². The molecule has 1 aliphatic rings. The first-order valence-electron chi connectivity index (χ1n) is 10.3.